The summed E-state index contributed by atoms with van der Waals surface area (Å²) in [5.74, 6) is 2.75. The van der Waals surface area contributed by atoms with E-state index in [1.165, 1.54) is 36.9 Å². The van der Waals surface area contributed by atoms with Crippen LogP contribution in [0.5, 0.6) is 0 Å². The van der Waals surface area contributed by atoms with Crippen LogP contribution in [0.4, 0.5) is 5.69 Å². The van der Waals surface area contributed by atoms with E-state index in [2.05, 4.69) is 34.5 Å². The molecule has 0 unspecified atom stereocenters. The summed E-state index contributed by atoms with van der Waals surface area (Å²) in [5, 5.41) is 3.15. The molecule has 2 fully saturated rings. The maximum absolute atomic E-state index is 12.1. The first-order valence-corrected chi connectivity index (χ1v) is 9.39. The van der Waals surface area contributed by atoms with Gasteiger partial charge in [0, 0.05) is 31.7 Å². The molecule has 23 heavy (non-hydrogen) atoms. The maximum atomic E-state index is 12.1. The van der Waals surface area contributed by atoms with Gasteiger partial charge in [-0.1, -0.05) is 24.6 Å². The lowest BCUT2D eigenvalue weighted by molar-refractivity contribution is -0.122. The number of carbonyl (C=O) groups is 1. The first-order chi connectivity index (χ1) is 11.3. The number of carbonyl (C=O) groups excluding carboxylic acids is 1. The van der Waals surface area contributed by atoms with E-state index in [9.17, 15) is 4.79 Å². The fourth-order valence-corrected chi connectivity index (χ4v) is 5.07. The highest BCUT2D eigenvalue weighted by molar-refractivity contribution is 5.76. The summed E-state index contributed by atoms with van der Waals surface area (Å²) in [6.45, 7) is 2.99. The van der Waals surface area contributed by atoms with Crippen LogP contribution in [0, 0.1) is 17.8 Å². The van der Waals surface area contributed by atoms with E-state index in [4.69, 9.17) is 0 Å². The van der Waals surface area contributed by atoms with Gasteiger partial charge in [0.1, 0.15) is 0 Å². The molecule has 1 aliphatic heterocycles. The number of fused-ring (bicyclic) bond motifs is 3. The standard InChI is InChI=1S/C20H28N2O/c23-20(14-18-13-15-6-7-17(18)12-15)21-9-3-10-22-11-8-16-4-1-2-5-19(16)22/h1-2,4-5,15,17-18H,3,6-14H2,(H,21,23)/t15-,17-,18+/m0/s1. The zero-order chi connectivity index (χ0) is 15.6. The van der Waals surface area contributed by atoms with Crippen molar-refractivity contribution in [1.82, 2.24) is 5.32 Å². The van der Waals surface area contributed by atoms with Crippen molar-refractivity contribution < 1.29 is 4.79 Å². The zero-order valence-electron chi connectivity index (χ0n) is 14.0. The van der Waals surface area contributed by atoms with Crippen LogP contribution in [0.15, 0.2) is 24.3 Å². The second kappa shape index (κ2) is 6.54. The van der Waals surface area contributed by atoms with Gasteiger partial charge in [0.05, 0.1) is 0 Å². The highest BCUT2D eigenvalue weighted by atomic mass is 16.1. The number of nitrogens with zero attached hydrogens (tertiary/aromatic N) is 1. The summed E-state index contributed by atoms with van der Waals surface area (Å²) in [6.07, 6.45) is 8.46. The van der Waals surface area contributed by atoms with Crippen molar-refractivity contribution in [1.29, 1.82) is 0 Å². The van der Waals surface area contributed by atoms with Crippen molar-refractivity contribution in [2.75, 3.05) is 24.5 Å². The number of para-hydroxylation sites is 1. The molecule has 0 saturated heterocycles. The number of nitrogens with one attached hydrogen (secondary N) is 1. The van der Waals surface area contributed by atoms with Crippen molar-refractivity contribution >= 4 is 11.6 Å². The van der Waals surface area contributed by atoms with Gasteiger partial charge >= 0.3 is 0 Å². The van der Waals surface area contributed by atoms with Crippen LogP contribution in [-0.2, 0) is 11.2 Å². The average Bonchev–Trinajstić information content (AvgIpc) is 3.27. The molecular formula is C20H28N2O. The third-order valence-corrected chi connectivity index (χ3v) is 6.24. The molecule has 1 amide bonds. The topological polar surface area (TPSA) is 32.3 Å². The lowest BCUT2D eigenvalue weighted by Gasteiger charge is -2.21. The molecule has 1 heterocycles. The van der Waals surface area contributed by atoms with E-state index in [-0.39, 0.29) is 5.91 Å². The molecule has 3 heteroatoms. The number of amides is 1. The predicted octanol–water partition coefficient (Wildman–Crippen LogP) is 3.38. The molecule has 0 spiro atoms. The van der Waals surface area contributed by atoms with Gasteiger partial charge < -0.3 is 10.2 Å². The Morgan fingerprint density at radius 1 is 1.22 bits per heavy atom. The van der Waals surface area contributed by atoms with Crippen molar-refractivity contribution in [3.63, 3.8) is 0 Å². The van der Waals surface area contributed by atoms with Gasteiger partial charge in [-0.15, -0.1) is 0 Å². The highest BCUT2D eigenvalue weighted by Crippen LogP contribution is 2.49. The van der Waals surface area contributed by atoms with Gasteiger partial charge in [-0.05, 0) is 61.5 Å². The first-order valence-electron chi connectivity index (χ1n) is 9.39. The molecule has 2 bridgehead atoms. The fraction of sp³-hybridized carbons (Fsp3) is 0.650. The Balaban J connectivity index is 1.16. The van der Waals surface area contributed by atoms with Crippen molar-refractivity contribution in [2.45, 2.75) is 44.9 Å². The Morgan fingerprint density at radius 2 is 2.13 bits per heavy atom. The average molecular weight is 312 g/mol. The van der Waals surface area contributed by atoms with Crippen molar-refractivity contribution in [2.24, 2.45) is 17.8 Å². The van der Waals surface area contributed by atoms with E-state index in [1.54, 1.807) is 0 Å². The molecule has 2 aliphatic carbocycles. The van der Waals surface area contributed by atoms with E-state index >= 15 is 0 Å². The molecule has 124 valence electrons. The van der Waals surface area contributed by atoms with E-state index in [0.29, 0.717) is 5.92 Å². The second-order valence-corrected chi connectivity index (χ2v) is 7.71. The van der Waals surface area contributed by atoms with Gasteiger partial charge in [-0.2, -0.15) is 0 Å². The summed E-state index contributed by atoms with van der Waals surface area (Å²) in [7, 11) is 0. The predicted molar refractivity (Wildman–Crippen MR) is 93.5 cm³/mol. The van der Waals surface area contributed by atoms with Gasteiger partial charge in [0.15, 0.2) is 0 Å². The Kier molecular flexibility index (Phi) is 4.28. The van der Waals surface area contributed by atoms with Gasteiger partial charge in [-0.3, -0.25) is 4.79 Å². The molecule has 1 aromatic carbocycles. The Morgan fingerprint density at radius 3 is 2.96 bits per heavy atom. The minimum atomic E-state index is 0.282. The van der Waals surface area contributed by atoms with Crippen molar-refractivity contribution in [3.8, 4) is 0 Å². The molecule has 0 radical (unpaired) electrons. The Hall–Kier alpha value is -1.51. The van der Waals surface area contributed by atoms with Crippen LogP contribution in [-0.4, -0.2) is 25.5 Å². The number of hydrogen-bond acceptors (Lipinski definition) is 2. The molecule has 1 N–H and O–H groups in total. The molecule has 3 nitrogen and oxygen atoms in total. The molecule has 1 aromatic rings. The summed E-state index contributed by atoms with van der Waals surface area (Å²) in [6, 6.07) is 8.69. The van der Waals surface area contributed by atoms with Crippen LogP contribution in [0.3, 0.4) is 0 Å². The largest absolute Gasteiger partial charge is 0.371 e. The SMILES string of the molecule is O=C(C[C@H]1C[C@H]2CC[C@H]1C2)NCCCN1CCc2ccccc21. The van der Waals surface area contributed by atoms with Gasteiger partial charge in [0.2, 0.25) is 5.91 Å². The number of benzene rings is 1. The number of anilines is 1. The first kappa shape index (κ1) is 15.0. The minimum Gasteiger partial charge on any atom is -0.371 e. The molecular weight excluding hydrogens is 284 g/mol. The van der Waals surface area contributed by atoms with Crippen LogP contribution in [0.1, 0.15) is 44.1 Å². The monoisotopic (exact) mass is 312 g/mol. The third kappa shape index (κ3) is 3.24. The van der Waals surface area contributed by atoms with E-state index in [1.807, 2.05) is 0 Å². The molecule has 0 aromatic heterocycles. The van der Waals surface area contributed by atoms with Crippen LogP contribution >= 0.6 is 0 Å². The quantitative estimate of drug-likeness (QED) is 0.817. The third-order valence-electron chi connectivity index (χ3n) is 6.24. The molecule has 3 aliphatic rings. The Labute approximate surface area is 139 Å². The number of hydrogen-bond donors (Lipinski definition) is 1. The maximum Gasteiger partial charge on any atom is 0.220 e. The molecule has 3 atom stereocenters. The lowest BCUT2D eigenvalue weighted by atomic mass is 9.86. The Bertz CT molecular complexity index is 571. The van der Waals surface area contributed by atoms with E-state index in [0.717, 1.165) is 50.7 Å². The van der Waals surface area contributed by atoms with Gasteiger partial charge in [-0.25, -0.2) is 0 Å². The normalized spacial score (nSPS) is 28.2. The molecule has 4 rings (SSSR count). The second-order valence-electron chi connectivity index (χ2n) is 7.71. The summed E-state index contributed by atoms with van der Waals surface area (Å²) < 4.78 is 0. The van der Waals surface area contributed by atoms with Crippen LogP contribution in [0.25, 0.3) is 0 Å². The summed E-state index contributed by atoms with van der Waals surface area (Å²) in [5.41, 5.74) is 2.86. The van der Waals surface area contributed by atoms with E-state index < -0.39 is 0 Å². The van der Waals surface area contributed by atoms with Crippen molar-refractivity contribution in [3.05, 3.63) is 29.8 Å². The fourth-order valence-electron chi connectivity index (χ4n) is 5.07. The molecule has 2 saturated carbocycles. The smallest absolute Gasteiger partial charge is 0.220 e. The van der Waals surface area contributed by atoms with Crippen LogP contribution in [0.2, 0.25) is 0 Å². The van der Waals surface area contributed by atoms with Gasteiger partial charge in [0.25, 0.3) is 0 Å². The van der Waals surface area contributed by atoms with Crippen LogP contribution < -0.4 is 10.2 Å². The highest BCUT2D eigenvalue weighted by Gasteiger charge is 2.39. The number of rotatable bonds is 6. The summed E-state index contributed by atoms with van der Waals surface area (Å²) in [4.78, 5) is 14.6. The zero-order valence-corrected chi connectivity index (χ0v) is 14.0. The summed E-state index contributed by atoms with van der Waals surface area (Å²) >= 11 is 0. The minimum absolute atomic E-state index is 0.282. The lowest BCUT2D eigenvalue weighted by Crippen LogP contribution is -2.31.